The lowest BCUT2D eigenvalue weighted by Gasteiger charge is -2.26. The first kappa shape index (κ1) is 14.1. The Morgan fingerprint density at radius 3 is 3.05 bits per heavy atom. The van der Waals surface area contributed by atoms with E-state index in [0.717, 1.165) is 39.3 Å². The molecule has 0 amide bonds. The summed E-state index contributed by atoms with van der Waals surface area (Å²) in [6, 6.07) is 11.1. The third kappa shape index (κ3) is 2.74. The molecule has 2 aromatic heterocycles. The molecule has 0 spiro atoms. The van der Waals surface area contributed by atoms with E-state index in [9.17, 15) is 0 Å². The molecule has 0 fully saturated rings. The van der Waals surface area contributed by atoms with Gasteiger partial charge in [-0.05, 0) is 39.5 Å². The number of halogens is 1. The Labute approximate surface area is 141 Å². The van der Waals surface area contributed by atoms with Crippen LogP contribution in [0.15, 0.2) is 40.4 Å². The second-order valence-corrected chi connectivity index (χ2v) is 7.85. The fraction of sp³-hybridized carbons (Fsp3) is 0.250. The van der Waals surface area contributed by atoms with Crippen molar-refractivity contribution in [1.82, 2.24) is 15.3 Å². The Kier molecular flexibility index (Phi) is 3.82. The van der Waals surface area contributed by atoms with Gasteiger partial charge in [0.25, 0.3) is 0 Å². The SMILES string of the molecule is Brc1cc2ncnc(NCC3Cc4ccccc4CN3)c2s1. The van der Waals surface area contributed by atoms with E-state index in [2.05, 4.69) is 60.8 Å². The van der Waals surface area contributed by atoms with E-state index in [1.54, 1.807) is 17.7 Å². The topological polar surface area (TPSA) is 49.8 Å². The molecule has 1 aliphatic rings. The van der Waals surface area contributed by atoms with Crippen molar-refractivity contribution in [1.29, 1.82) is 0 Å². The summed E-state index contributed by atoms with van der Waals surface area (Å²) in [5, 5.41) is 7.06. The van der Waals surface area contributed by atoms with Crippen molar-refractivity contribution in [2.24, 2.45) is 0 Å². The van der Waals surface area contributed by atoms with Crippen molar-refractivity contribution in [3.63, 3.8) is 0 Å². The van der Waals surface area contributed by atoms with Crippen LogP contribution in [-0.2, 0) is 13.0 Å². The van der Waals surface area contributed by atoms with E-state index < -0.39 is 0 Å². The summed E-state index contributed by atoms with van der Waals surface area (Å²) in [4.78, 5) is 8.69. The normalized spacial score (nSPS) is 17.4. The number of nitrogens with zero attached hydrogens (tertiary/aromatic N) is 2. The maximum atomic E-state index is 4.39. The molecule has 0 saturated carbocycles. The van der Waals surface area contributed by atoms with Gasteiger partial charge in [0.05, 0.1) is 14.0 Å². The molecule has 0 saturated heterocycles. The quantitative estimate of drug-likeness (QED) is 0.735. The predicted molar refractivity (Wildman–Crippen MR) is 94.4 cm³/mol. The number of thiophene rings is 1. The van der Waals surface area contributed by atoms with Crippen LogP contribution in [0.4, 0.5) is 5.82 Å². The van der Waals surface area contributed by atoms with Gasteiger partial charge in [-0.2, -0.15) is 0 Å². The molecule has 1 aromatic carbocycles. The van der Waals surface area contributed by atoms with Gasteiger partial charge in [0.2, 0.25) is 0 Å². The summed E-state index contributed by atoms with van der Waals surface area (Å²) in [6.45, 7) is 1.79. The van der Waals surface area contributed by atoms with Gasteiger partial charge >= 0.3 is 0 Å². The molecule has 0 aliphatic carbocycles. The zero-order valence-electron chi connectivity index (χ0n) is 11.8. The maximum Gasteiger partial charge on any atom is 0.147 e. The van der Waals surface area contributed by atoms with Gasteiger partial charge in [-0.1, -0.05) is 24.3 Å². The van der Waals surface area contributed by atoms with E-state index >= 15 is 0 Å². The average molecular weight is 375 g/mol. The summed E-state index contributed by atoms with van der Waals surface area (Å²) in [7, 11) is 0. The second-order valence-electron chi connectivity index (χ2n) is 5.42. The molecule has 6 heteroatoms. The Morgan fingerprint density at radius 1 is 1.27 bits per heavy atom. The second kappa shape index (κ2) is 5.95. The van der Waals surface area contributed by atoms with Crippen LogP contribution in [0.2, 0.25) is 0 Å². The number of aromatic nitrogens is 2. The number of benzene rings is 1. The molecule has 0 radical (unpaired) electrons. The Bertz CT molecular complexity index is 817. The number of hydrogen-bond donors (Lipinski definition) is 2. The molecule has 1 unspecified atom stereocenters. The van der Waals surface area contributed by atoms with Crippen LogP contribution in [0.5, 0.6) is 0 Å². The molecule has 3 heterocycles. The van der Waals surface area contributed by atoms with Gasteiger partial charge in [0.15, 0.2) is 0 Å². The van der Waals surface area contributed by atoms with E-state index in [1.165, 1.54) is 11.1 Å². The van der Waals surface area contributed by atoms with Crippen molar-refractivity contribution < 1.29 is 0 Å². The first-order valence-electron chi connectivity index (χ1n) is 7.23. The average Bonchev–Trinajstić information content (AvgIpc) is 2.93. The summed E-state index contributed by atoms with van der Waals surface area (Å²) >= 11 is 5.18. The maximum absolute atomic E-state index is 4.39. The molecule has 1 atom stereocenters. The number of fused-ring (bicyclic) bond motifs is 2. The molecule has 112 valence electrons. The molecule has 3 aromatic rings. The molecule has 0 bridgehead atoms. The summed E-state index contributed by atoms with van der Waals surface area (Å²) in [6.07, 6.45) is 2.67. The lowest BCUT2D eigenvalue weighted by atomic mass is 9.96. The van der Waals surface area contributed by atoms with Gasteiger partial charge in [0, 0.05) is 19.1 Å². The van der Waals surface area contributed by atoms with Crippen LogP contribution < -0.4 is 10.6 Å². The van der Waals surface area contributed by atoms with Gasteiger partial charge < -0.3 is 10.6 Å². The molecular weight excluding hydrogens is 360 g/mol. The predicted octanol–water partition coefficient (Wildman–Crippen LogP) is 3.58. The lowest BCUT2D eigenvalue weighted by Crippen LogP contribution is -2.40. The van der Waals surface area contributed by atoms with E-state index in [1.807, 2.05) is 6.07 Å². The third-order valence-electron chi connectivity index (χ3n) is 3.96. The van der Waals surface area contributed by atoms with Crippen LogP contribution >= 0.6 is 27.3 Å². The van der Waals surface area contributed by atoms with Gasteiger partial charge in [0.1, 0.15) is 12.1 Å². The molecule has 2 N–H and O–H groups in total. The van der Waals surface area contributed by atoms with Crippen LogP contribution in [0, 0.1) is 0 Å². The van der Waals surface area contributed by atoms with Crippen molar-refractivity contribution in [3.05, 3.63) is 51.6 Å². The van der Waals surface area contributed by atoms with Crippen molar-refractivity contribution in [3.8, 4) is 0 Å². The van der Waals surface area contributed by atoms with Gasteiger partial charge in [-0.25, -0.2) is 9.97 Å². The van der Waals surface area contributed by atoms with Gasteiger partial charge in [-0.3, -0.25) is 0 Å². The van der Waals surface area contributed by atoms with E-state index in [0.29, 0.717) is 6.04 Å². The minimum absolute atomic E-state index is 0.420. The third-order valence-corrected chi connectivity index (χ3v) is 5.60. The van der Waals surface area contributed by atoms with Crippen molar-refractivity contribution in [2.75, 3.05) is 11.9 Å². The zero-order chi connectivity index (χ0) is 14.9. The van der Waals surface area contributed by atoms with Crippen molar-refractivity contribution in [2.45, 2.75) is 19.0 Å². The van der Waals surface area contributed by atoms with E-state index in [-0.39, 0.29) is 0 Å². The zero-order valence-corrected chi connectivity index (χ0v) is 14.2. The monoisotopic (exact) mass is 374 g/mol. The first-order chi connectivity index (χ1) is 10.8. The smallest absolute Gasteiger partial charge is 0.147 e. The van der Waals surface area contributed by atoms with Crippen LogP contribution in [0.3, 0.4) is 0 Å². The number of hydrogen-bond acceptors (Lipinski definition) is 5. The largest absolute Gasteiger partial charge is 0.367 e. The highest BCUT2D eigenvalue weighted by Crippen LogP contribution is 2.32. The minimum Gasteiger partial charge on any atom is -0.367 e. The minimum atomic E-state index is 0.420. The number of nitrogens with one attached hydrogen (secondary N) is 2. The van der Waals surface area contributed by atoms with E-state index in [4.69, 9.17) is 0 Å². The number of anilines is 1. The standard InChI is InChI=1S/C16H15BrN4S/c17-14-6-13-15(22-14)16(21-9-20-13)19-8-12-5-10-3-1-2-4-11(10)7-18-12/h1-4,6,9,12,18H,5,7-8H2,(H,19,20,21). The fourth-order valence-electron chi connectivity index (χ4n) is 2.84. The number of rotatable bonds is 3. The van der Waals surface area contributed by atoms with Gasteiger partial charge in [-0.15, -0.1) is 11.3 Å². The van der Waals surface area contributed by atoms with Crippen LogP contribution in [0.25, 0.3) is 10.2 Å². The highest BCUT2D eigenvalue weighted by atomic mass is 79.9. The summed E-state index contributed by atoms with van der Waals surface area (Å²) < 4.78 is 2.18. The molecule has 22 heavy (non-hydrogen) atoms. The van der Waals surface area contributed by atoms with Crippen molar-refractivity contribution >= 4 is 43.3 Å². The Hall–Kier alpha value is -1.50. The van der Waals surface area contributed by atoms with Crippen LogP contribution in [0.1, 0.15) is 11.1 Å². The highest BCUT2D eigenvalue weighted by Gasteiger charge is 2.18. The summed E-state index contributed by atoms with van der Waals surface area (Å²) in [5.41, 5.74) is 3.83. The highest BCUT2D eigenvalue weighted by molar-refractivity contribution is 9.11. The molecule has 1 aliphatic heterocycles. The first-order valence-corrected chi connectivity index (χ1v) is 8.84. The lowest BCUT2D eigenvalue weighted by molar-refractivity contribution is 0.497. The Morgan fingerprint density at radius 2 is 2.14 bits per heavy atom. The molecule has 4 nitrogen and oxygen atoms in total. The Balaban J connectivity index is 1.49. The molecular formula is C16H15BrN4S. The summed E-state index contributed by atoms with van der Waals surface area (Å²) in [5.74, 6) is 0.918. The molecule has 4 rings (SSSR count). The fourth-order valence-corrected chi connectivity index (χ4v) is 4.34. The van der Waals surface area contributed by atoms with Crippen LogP contribution in [-0.4, -0.2) is 22.6 Å².